The highest BCUT2D eigenvalue weighted by Gasteiger charge is 2.21. The first-order valence-corrected chi connectivity index (χ1v) is 11.0. The summed E-state index contributed by atoms with van der Waals surface area (Å²) in [5.41, 5.74) is 3.15. The molecule has 0 atom stereocenters. The van der Waals surface area contributed by atoms with Crippen LogP contribution in [0.5, 0.6) is 0 Å². The van der Waals surface area contributed by atoms with Crippen molar-refractivity contribution in [3.63, 3.8) is 0 Å². The lowest BCUT2D eigenvalue weighted by Gasteiger charge is -2.26. The fourth-order valence-electron chi connectivity index (χ4n) is 3.88. The Morgan fingerprint density at radius 3 is 2.48 bits per heavy atom. The number of piperidine rings is 1. The second-order valence-electron chi connectivity index (χ2n) is 9.24. The van der Waals surface area contributed by atoms with Crippen molar-refractivity contribution >= 4 is 11.6 Å². The van der Waals surface area contributed by atoms with Gasteiger partial charge in [0, 0.05) is 30.1 Å². The third kappa shape index (κ3) is 4.93. The summed E-state index contributed by atoms with van der Waals surface area (Å²) >= 11 is 0. The lowest BCUT2D eigenvalue weighted by Crippen LogP contribution is -2.37. The van der Waals surface area contributed by atoms with Gasteiger partial charge >= 0.3 is 0 Å². The lowest BCUT2D eigenvalue weighted by molar-refractivity contribution is 0.0941. The number of rotatable bonds is 5. The van der Waals surface area contributed by atoms with Gasteiger partial charge in [-0.25, -0.2) is 13.9 Å². The lowest BCUT2D eigenvalue weighted by atomic mass is 9.93. The minimum atomic E-state index is -0.305. The highest BCUT2D eigenvalue weighted by Crippen LogP contribution is 2.26. The van der Waals surface area contributed by atoms with Crippen LogP contribution in [0.3, 0.4) is 0 Å². The number of carbonyl (C=O) groups is 1. The van der Waals surface area contributed by atoms with E-state index in [9.17, 15) is 9.18 Å². The maximum absolute atomic E-state index is 13.5. The van der Waals surface area contributed by atoms with Crippen molar-refractivity contribution < 1.29 is 9.18 Å². The van der Waals surface area contributed by atoms with Crippen molar-refractivity contribution in [2.24, 2.45) is 0 Å². The molecule has 6 nitrogen and oxygen atoms in total. The monoisotopic (exact) mass is 423 g/mol. The molecule has 0 spiro atoms. The summed E-state index contributed by atoms with van der Waals surface area (Å²) in [5, 5.41) is 7.73. The van der Waals surface area contributed by atoms with E-state index in [-0.39, 0.29) is 17.1 Å². The molecule has 31 heavy (non-hydrogen) atoms. The molecule has 0 radical (unpaired) electrons. The van der Waals surface area contributed by atoms with Crippen molar-refractivity contribution in [3.05, 3.63) is 53.6 Å². The largest absolute Gasteiger partial charge is 0.349 e. The van der Waals surface area contributed by atoms with Crippen LogP contribution in [-0.2, 0) is 5.41 Å². The molecule has 1 aliphatic rings. The van der Waals surface area contributed by atoms with Crippen molar-refractivity contribution in [3.8, 4) is 11.3 Å². The van der Waals surface area contributed by atoms with Gasteiger partial charge in [0.05, 0.1) is 11.4 Å². The van der Waals surface area contributed by atoms with Gasteiger partial charge in [-0.05, 0) is 56.3 Å². The minimum Gasteiger partial charge on any atom is -0.349 e. The number of benzene rings is 1. The third-order valence-electron chi connectivity index (χ3n) is 5.73. The number of hydrogen-bond donors (Lipinski definition) is 1. The van der Waals surface area contributed by atoms with Crippen LogP contribution >= 0.6 is 0 Å². The molecule has 1 aliphatic heterocycles. The molecular formula is C24H30FN5O. The van der Waals surface area contributed by atoms with Gasteiger partial charge < -0.3 is 10.2 Å². The molecule has 164 valence electrons. The van der Waals surface area contributed by atoms with Gasteiger partial charge in [0.1, 0.15) is 11.5 Å². The quantitative estimate of drug-likeness (QED) is 0.673. The Kier molecular flexibility index (Phi) is 6.05. The first-order chi connectivity index (χ1) is 14.8. The summed E-state index contributed by atoms with van der Waals surface area (Å²) in [6.45, 7) is 9.88. The summed E-state index contributed by atoms with van der Waals surface area (Å²) in [6.07, 6.45) is 3.75. The summed E-state index contributed by atoms with van der Waals surface area (Å²) in [7, 11) is 0. The topological polar surface area (TPSA) is 62.5 Å². The van der Waals surface area contributed by atoms with Crippen LogP contribution in [0.25, 0.3) is 16.9 Å². The number of nitrogens with one attached hydrogen (secondary N) is 1. The Morgan fingerprint density at radius 1 is 1.10 bits per heavy atom. The Morgan fingerprint density at radius 2 is 1.81 bits per heavy atom. The Hall–Kier alpha value is -2.80. The van der Waals surface area contributed by atoms with E-state index >= 15 is 0 Å². The summed E-state index contributed by atoms with van der Waals surface area (Å²) in [6, 6.07) is 9.86. The van der Waals surface area contributed by atoms with Gasteiger partial charge in [0.2, 0.25) is 0 Å². The second-order valence-corrected chi connectivity index (χ2v) is 9.24. The van der Waals surface area contributed by atoms with E-state index < -0.39 is 0 Å². The van der Waals surface area contributed by atoms with Crippen molar-refractivity contribution in [2.75, 3.05) is 26.2 Å². The van der Waals surface area contributed by atoms with Crippen LogP contribution in [0.1, 0.15) is 56.2 Å². The molecule has 1 aromatic carbocycles. The van der Waals surface area contributed by atoms with Crippen LogP contribution in [-0.4, -0.2) is 51.6 Å². The summed E-state index contributed by atoms with van der Waals surface area (Å²) in [4.78, 5) is 19.9. The van der Waals surface area contributed by atoms with Crippen LogP contribution < -0.4 is 5.32 Å². The number of nitrogens with zero attached hydrogens (tertiary/aromatic N) is 4. The predicted molar refractivity (Wildman–Crippen MR) is 120 cm³/mol. The zero-order valence-electron chi connectivity index (χ0n) is 18.5. The van der Waals surface area contributed by atoms with E-state index in [1.807, 2.05) is 6.07 Å². The van der Waals surface area contributed by atoms with Gasteiger partial charge in [0.15, 0.2) is 5.65 Å². The first kappa shape index (κ1) is 21.4. The number of likely N-dealkylation sites (tertiary alicyclic amines) is 1. The molecule has 3 aromatic rings. The van der Waals surface area contributed by atoms with Gasteiger partial charge in [0.25, 0.3) is 5.91 Å². The summed E-state index contributed by atoms with van der Waals surface area (Å²) in [5.74, 6) is -0.512. The zero-order valence-corrected chi connectivity index (χ0v) is 18.5. The van der Waals surface area contributed by atoms with Crippen molar-refractivity contribution in [2.45, 2.75) is 45.4 Å². The van der Waals surface area contributed by atoms with Gasteiger partial charge in [-0.1, -0.05) is 27.2 Å². The van der Waals surface area contributed by atoms with Crippen LogP contribution in [0.4, 0.5) is 4.39 Å². The van der Waals surface area contributed by atoms with E-state index in [2.05, 4.69) is 36.0 Å². The van der Waals surface area contributed by atoms with E-state index in [0.29, 0.717) is 23.6 Å². The minimum absolute atomic E-state index is 0.162. The third-order valence-corrected chi connectivity index (χ3v) is 5.73. The molecule has 0 unspecified atom stereocenters. The molecule has 2 aromatic heterocycles. The fourth-order valence-corrected chi connectivity index (χ4v) is 3.88. The molecule has 0 bridgehead atoms. The normalized spacial score (nSPS) is 15.4. The number of carbonyl (C=O) groups excluding carboxylic acids is 1. The molecule has 0 saturated carbocycles. The molecule has 7 heteroatoms. The summed E-state index contributed by atoms with van der Waals surface area (Å²) < 4.78 is 15.2. The Balaban J connectivity index is 1.63. The molecule has 1 fully saturated rings. The first-order valence-electron chi connectivity index (χ1n) is 11.0. The number of amides is 1. The average molecular weight is 424 g/mol. The van der Waals surface area contributed by atoms with Crippen LogP contribution in [0.15, 0.2) is 36.4 Å². The molecule has 1 saturated heterocycles. The standard InChI is InChI=1S/C24H30FN5O/c1-24(2,3)21-16-22-27-19(23(31)26-11-14-29-12-5-4-6-13-29)15-20(30(22)28-21)17-7-9-18(25)10-8-17/h7-10,15-16H,4-6,11-14H2,1-3H3,(H,26,31). The average Bonchev–Trinajstić information content (AvgIpc) is 3.19. The molecular weight excluding hydrogens is 393 g/mol. The van der Waals surface area contributed by atoms with Gasteiger partial charge in [-0.3, -0.25) is 4.79 Å². The Bertz CT molecular complexity index is 1060. The molecule has 4 rings (SSSR count). The SMILES string of the molecule is CC(C)(C)c1cc2nc(C(=O)NCCN3CCCCC3)cc(-c3ccc(F)cc3)n2n1. The second kappa shape index (κ2) is 8.75. The van der Waals surface area contributed by atoms with Crippen molar-refractivity contribution in [1.82, 2.24) is 24.8 Å². The van der Waals surface area contributed by atoms with Gasteiger partial charge in [-0.15, -0.1) is 0 Å². The predicted octanol–water partition coefficient (Wildman–Crippen LogP) is 4.05. The van der Waals surface area contributed by atoms with E-state index in [1.54, 1.807) is 22.7 Å². The zero-order chi connectivity index (χ0) is 22.0. The number of fused-ring (bicyclic) bond motifs is 1. The van der Waals surface area contributed by atoms with Crippen LogP contribution in [0.2, 0.25) is 0 Å². The van der Waals surface area contributed by atoms with Crippen LogP contribution in [0, 0.1) is 5.82 Å². The molecule has 0 aliphatic carbocycles. The number of aromatic nitrogens is 3. The highest BCUT2D eigenvalue weighted by molar-refractivity contribution is 5.94. The van der Waals surface area contributed by atoms with Crippen molar-refractivity contribution in [1.29, 1.82) is 0 Å². The van der Waals surface area contributed by atoms with Gasteiger partial charge in [-0.2, -0.15) is 5.10 Å². The van der Waals surface area contributed by atoms with E-state index in [1.165, 1.54) is 31.4 Å². The molecule has 1 N–H and O–H groups in total. The van der Waals surface area contributed by atoms with E-state index in [0.717, 1.165) is 30.9 Å². The number of halogens is 1. The van der Waals surface area contributed by atoms with E-state index in [4.69, 9.17) is 5.10 Å². The molecule has 1 amide bonds. The highest BCUT2D eigenvalue weighted by atomic mass is 19.1. The number of hydrogen-bond acceptors (Lipinski definition) is 4. The Labute approximate surface area is 182 Å². The maximum atomic E-state index is 13.5. The smallest absolute Gasteiger partial charge is 0.270 e. The maximum Gasteiger partial charge on any atom is 0.270 e. The fraction of sp³-hybridized carbons (Fsp3) is 0.458. The molecule has 3 heterocycles.